The number of methoxy groups -OCH3 is 1. The van der Waals surface area contributed by atoms with E-state index in [0.717, 1.165) is 27.7 Å². The van der Waals surface area contributed by atoms with Crippen molar-refractivity contribution in [1.82, 2.24) is 9.55 Å². The highest BCUT2D eigenvalue weighted by Gasteiger charge is 2.18. The standard InChI is InChI=1S/C24H20N4O2/c1-26-24-27-21-9-5-8-20(23(29)30-2)22(21)28(24)15-16-10-12-17(13-11-16)19-7-4-3-6-18(19)14-25/h3-13H,15H2,1-2H3,(H,26,27). The highest BCUT2D eigenvalue weighted by Crippen LogP contribution is 2.27. The van der Waals surface area contributed by atoms with Gasteiger partial charge in [0.15, 0.2) is 0 Å². The fraction of sp³-hybridized carbons (Fsp3) is 0.125. The lowest BCUT2D eigenvalue weighted by Crippen LogP contribution is -2.09. The Morgan fingerprint density at radius 1 is 1.10 bits per heavy atom. The van der Waals surface area contributed by atoms with Crippen LogP contribution in [-0.4, -0.2) is 29.7 Å². The number of esters is 1. The molecule has 4 aromatic rings. The highest BCUT2D eigenvalue weighted by atomic mass is 16.5. The van der Waals surface area contributed by atoms with E-state index < -0.39 is 5.97 Å². The smallest absolute Gasteiger partial charge is 0.340 e. The minimum Gasteiger partial charge on any atom is -0.465 e. The number of carbonyl (C=O) groups excluding carboxylic acids is 1. The second kappa shape index (κ2) is 8.10. The Balaban J connectivity index is 1.74. The molecule has 0 aliphatic heterocycles. The molecule has 0 aliphatic rings. The molecule has 1 heterocycles. The maximum Gasteiger partial charge on any atom is 0.340 e. The van der Waals surface area contributed by atoms with Gasteiger partial charge in [-0.3, -0.25) is 0 Å². The topological polar surface area (TPSA) is 79.9 Å². The van der Waals surface area contributed by atoms with Crippen molar-refractivity contribution in [3.8, 4) is 17.2 Å². The lowest BCUT2D eigenvalue weighted by Gasteiger charge is -2.12. The number of benzene rings is 3. The number of anilines is 1. The number of ether oxygens (including phenoxy) is 1. The molecule has 6 heteroatoms. The summed E-state index contributed by atoms with van der Waals surface area (Å²) in [7, 11) is 3.18. The van der Waals surface area contributed by atoms with Gasteiger partial charge in [0.25, 0.3) is 0 Å². The lowest BCUT2D eigenvalue weighted by atomic mass is 9.99. The predicted molar refractivity (Wildman–Crippen MR) is 116 cm³/mol. The van der Waals surface area contributed by atoms with Crippen molar-refractivity contribution in [2.24, 2.45) is 0 Å². The van der Waals surface area contributed by atoms with Crippen LogP contribution in [0.1, 0.15) is 21.5 Å². The third kappa shape index (κ3) is 3.38. The van der Waals surface area contributed by atoms with Crippen molar-refractivity contribution in [3.05, 3.63) is 83.4 Å². The van der Waals surface area contributed by atoms with E-state index >= 15 is 0 Å². The van der Waals surface area contributed by atoms with Crippen LogP contribution in [0.2, 0.25) is 0 Å². The van der Waals surface area contributed by atoms with Gasteiger partial charge in [-0.05, 0) is 34.9 Å². The molecule has 0 atom stereocenters. The molecule has 3 aromatic carbocycles. The Labute approximate surface area is 174 Å². The summed E-state index contributed by atoms with van der Waals surface area (Å²) >= 11 is 0. The number of nitrogens with zero attached hydrogens (tertiary/aromatic N) is 3. The molecular weight excluding hydrogens is 376 g/mol. The molecule has 30 heavy (non-hydrogen) atoms. The van der Waals surface area contributed by atoms with E-state index in [4.69, 9.17) is 4.74 Å². The molecule has 0 saturated heterocycles. The number of fused-ring (bicyclic) bond motifs is 1. The summed E-state index contributed by atoms with van der Waals surface area (Å²) in [6.07, 6.45) is 0. The van der Waals surface area contributed by atoms with E-state index in [1.54, 1.807) is 19.2 Å². The number of aromatic nitrogens is 2. The van der Waals surface area contributed by atoms with E-state index in [-0.39, 0.29) is 0 Å². The van der Waals surface area contributed by atoms with E-state index in [9.17, 15) is 10.1 Å². The van der Waals surface area contributed by atoms with Crippen molar-refractivity contribution >= 4 is 23.0 Å². The van der Waals surface area contributed by atoms with Crippen LogP contribution in [0.5, 0.6) is 0 Å². The first-order chi connectivity index (χ1) is 14.7. The summed E-state index contributed by atoms with van der Waals surface area (Å²) in [5, 5.41) is 12.5. The van der Waals surface area contributed by atoms with Crippen LogP contribution < -0.4 is 5.32 Å². The molecule has 1 aromatic heterocycles. The monoisotopic (exact) mass is 396 g/mol. The van der Waals surface area contributed by atoms with Gasteiger partial charge in [-0.1, -0.05) is 48.5 Å². The van der Waals surface area contributed by atoms with Crippen LogP contribution in [0.25, 0.3) is 22.2 Å². The van der Waals surface area contributed by atoms with E-state index in [1.165, 1.54) is 7.11 Å². The van der Waals surface area contributed by atoms with E-state index in [0.29, 0.717) is 23.6 Å². The Hall–Kier alpha value is -4.11. The van der Waals surface area contributed by atoms with Gasteiger partial charge in [0.1, 0.15) is 0 Å². The molecule has 0 fully saturated rings. The van der Waals surface area contributed by atoms with Gasteiger partial charge in [-0.15, -0.1) is 0 Å². The maximum atomic E-state index is 12.3. The number of hydrogen-bond donors (Lipinski definition) is 1. The molecule has 4 rings (SSSR count). The average molecular weight is 396 g/mol. The van der Waals surface area contributed by atoms with Crippen LogP contribution in [0.15, 0.2) is 66.7 Å². The second-order valence-corrected chi connectivity index (χ2v) is 6.79. The molecule has 0 spiro atoms. The number of nitriles is 1. The number of para-hydroxylation sites is 1. The Kier molecular flexibility index (Phi) is 5.19. The SMILES string of the molecule is CNc1nc2cccc(C(=O)OC)c2n1Cc1ccc(-c2ccccc2C#N)cc1. The summed E-state index contributed by atoms with van der Waals surface area (Å²) in [5.74, 6) is 0.271. The molecule has 1 N–H and O–H groups in total. The van der Waals surface area contributed by atoms with Crippen LogP contribution in [-0.2, 0) is 11.3 Å². The average Bonchev–Trinajstić information content (AvgIpc) is 3.16. The molecule has 0 amide bonds. The Morgan fingerprint density at radius 2 is 1.87 bits per heavy atom. The second-order valence-electron chi connectivity index (χ2n) is 6.79. The van der Waals surface area contributed by atoms with Gasteiger partial charge in [0.2, 0.25) is 5.95 Å². The van der Waals surface area contributed by atoms with E-state index in [2.05, 4.69) is 16.4 Å². The molecule has 148 valence electrons. The number of nitrogens with one attached hydrogen (secondary N) is 1. The summed E-state index contributed by atoms with van der Waals surface area (Å²) in [6, 6.07) is 23.3. The quantitative estimate of drug-likeness (QED) is 0.504. The highest BCUT2D eigenvalue weighted by molar-refractivity contribution is 6.02. The first kappa shape index (κ1) is 19.2. The van der Waals surface area contributed by atoms with Crippen molar-refractivity contribution in [2.45, 2.75) is 6.54 Å². The van der Waals surface area contributed by atoms with Gasteiger partial charge in [0.05, 0.1) is 41.9 Å². The minimum atomic E-state index is -0.395. The van der Waals surface area contributed by atoms with Gasteiger partial charge < -0.3 is 14.6 Å². The summed E-state index contributed by atoms with van der Waals surface area (Å²) in [4.78, 5) is 16.9. The summed E-state index contributed by atoms with van der Waals surface area (Å²) < 4.78 is 6.92. The van der Waals surface area contributed by atoms with Gasteiger partial charge in [-0.25, -0.2) is 9.78 Å². The van der Waals surface area contributed by atoms with Crippen molar-refractivity contribution in [3.63, 3.8) is 0 Å². The van der Waals surface area contributed by atoms with Crippen molar-refractivity contribution in [2.75, 3.05) is 19.5 Å². The zero-order valence-electron chi connectivity index (χ0n) is 16.7. The molecule has 0 radical (unpaired) electrons. The first-order valence-corrected chi connectivity index (χ1v) is 9.50. The summed E-state index contributed by atoms with van der Waals surface area (Å²) in [6.45, 7) is 0.529. The predicted octanol–water partition coefficient (Wildman–Crippen LogP) is 4.45. The van der Waals surface area contributed by atoms with Gasteiger partial charge >= 0.3 is 5.97 Å². The zero-order chi connectivity index (χ0) is 21.1. The molecule has 0 aliphatic carbocycles. The maximum absolute atomic E-state index is 12.3. The van der Waals surface area contributed by atoms with Crippen LogP contribution >= 0.6 is 0 Å². The lowest BCUT2D eigenvalue weighted by molar-refractivity contribution is 0.0602. The fourth-order valence-electron chi connectivity index (χ4n) is 3.61. The fourth-order valence-corrected chi connectivity index (χ4v) is 3.61. The molecule has 0 unspecified atom stereocenters. The zero-order valence-corrected chi connectivity index (χ0v) is 16.7. The van der Waals surface area contributed by atoms with Crippen LogP contribution in [0.4, 0.5) is 5.95 Å². The van der Waals surface area contributed by atoms with Crippen LogP contribution in [0, 0.1) is 11.3 Å². The summed E-state index contributed by atoms with van der Waals surface area (Å²) in [5.41, 5.74) is 5.51. The first-order valence-electron chi connectivity index (χ1n) is 9.50. The largest absolute Gasteiger partial charge is 0.465 e. The minimum absolute atomic E-state index is 0.395. The Bertz CT molecular complexity index is 1270. The van der Waals surface area contributed by atoms with Gasteiger partial charge in [-0.2, -0.15) is 5.26 Å². The molecule has 0 saturated carbocycles. The molecular formula is C24H20N4O2. The third-order valence-corrected chi connectivity index (χ3v) is 5.05. The normalized spacial score (nSPS) is 10.6. The number of hydrogen-bond acceptors (Lipinski definition) is 5. The molecule has 0 bridgehead atoms. The number of rotatable bonds is 5. The van der Waals surface area contributed by atoms with Crippen molar-refractivity contribution < 1.29 is 9.53 Å². The van der Waals surface area contributed by atoms with Crippen molar-refractivity contribution in [1.29, 1.82) is 5.26 Å². The third-order valence-electron chi connectivity index (χ3n) is 5.05. The Morgan fingerprint density at radius 3 is 2.57 bits per heavy atom. The van der Waals surface area contributed by atoms with Crippen LogP contribution in [0.3, 0.4) is 0 Å². The molecule has 6 nitrogen and oxygen atoms in total. The number of carbonyl (C=O) groups is 1. The van der Waals surface area contributed by atoms with Gasteiger partial charge in [0, 0.05) is 7.05 Å². The van der Waals surface area contributed by atoms with E-state index in [1.807, 2.05) is 59.2 Å². The number of imidazole rings is 1.